The third-order valence-corrected chi connectivity index (χ3v) is 4.94. The minimum absolute atomic E-state index is 0.537. The van der Waals surface area contributed by atoms with Crippen LogP contribution in [-0.4, -0.2) is 38.0 Å². The maximum absolute atomic E-state index is 10.5. The van der Waals surface area contributed by atoms with E-state index in [1.165, 1.54) is 11.3 Å². The van der Waals surface area contributed by atoms with Gasteiger partial charge in [0.25, 0.3) is 0 Å². The van der Waals surface area contributed by atoms with E-state index in [-0.39, 0.29) is 0 Å². The lowest BCUT2D eigenvalue weighted by Crippen LogP contribution is -2.36. The molecule has 23 heavy (non-hydrogen) atoms. The smallest absolute Gasteiger partial charge is 0.1000 e. The standard InChI is InChI=1S/C18H24N2O2S/c1-18(21,16-6-11-23-13-16)14-19-12-15-2-4-17(5-3-15)20-7-9-22-10-8-20/h2-6,11,13,19,21H,7-10,12,14H2,1H3. The predicted molar refractivity (Wildman–Crippen MR) is 95.1 cm³/mol. The molecular formula is C18H24N2O2S. The van der Waals surface area contributed by atoms with Crippen LogP contribution in [0.1, 0.15) is 18.1 Å². The van der Waals surface area contributed by atoms with Gasteiger partial charge in [0.05, 0.1) is 18.8 Å². The third kappa shape index (κ3) is 4.32. The average Bonchev–Trinajstić information content (AvgIpc) is 3.12. The Labute approximate surface area is 141 Å². The summed E-state index contributed by atoms with van der Waals surface area (Å²) in [6, 6.07) is 10.6. The molecule has 1 atom stereocenters. The molecule has 0 bridgehead atoms. The monoisotopic (exact) mass is 332 g/mol. The minimum Gasteiger partial charge on any atom is -0.384 e. The fraction of sp³-hybridized carbons (Fsp3) is 0.444. The quantitative estimate of drug-likeness (QED) is 0.853. The van der Waals surface area contributed by atoms with E-state index in [4.69, 9.17) is 4.74 Å². The number of hydrogen-bond donors (Lipinski definition) is 2. The van der Waals surface area contributed by atoms with Gasteiger partial charge in [-0.3, -0.25) is 0 Å². The van der Waals surface area contributed by atoms with Gasteiger partial charge in [-0.15, -0.1) is 0 Å². The molecule has 1 aliphatic heterocycles. The van der Waals surface area contributed by atoms with Gasteiger partial charge >= 0.3 is 0 Å². The van der Waals surface area contributed by atoms with Crippen LogP contribution in [0.5, 0.6) is 0 Å². The summed E-state index contributed by atoms with van der Waals surface area (Å²) in [6.07, 6.45) is 0. The highest BCUT2D eigenvalue weighted by atomic mass is 32.1. The van der Waals surface area contributed by atoms with E-state index in [9.17, 15) is 5.11 Å². The Balaban J connectivity index is 1.50. The Bertz CT molecular complexity index is 590. The van der Waals surface area contributed by atoms with Crippen LogP contribution in [0.25, 0.3) is 0 Å². The maximum atomic E-state index is 10.5. The number of anilines is 1. The normalized spacial score (nSPS) is 17.9. The van der Waals surface area contributed by atoms with Crippen molar-refractivity contribution in [2.24, 2.45) is 0 Å². The zero-order valence-electron chi connectivity index (χ0n) is 13.5. The summed E-state index contributed by atoms with van der Waals surface area (Å²) >= 11 is 1.61. The van der Waals surface area contributed by atoms with E-state index in [0.717, 1.165) is 38.4 Å². The molecule has 124 valence electrons. The van der Waals surface area contributed by atoms with Crippen LogP contribution in [0.15, 0.2) is 41.1 Å². The Morgan fingerprint density at radius 2 is 1.96 bits per heavy atom. The number of aliphatic hydroxyl groups is 1. The summed E-state index contributed by atoms with van der Waals surface area (Å²) in [4.78, 5) is 2.35. The van der Waals surface area contributed by atoms with Gasteiger partial charge in [0.2, 0.25) is 0 Å². The van der Waals surface area contributed by atoms with Crippen LogP contribution in [-0.2, 0) is 16.9 Å². The van der Waals surface area contributed by atoms with E-state index < -0.39 is 5.60 Å². The molecule has 1 aliphatic rings. The van der Waals surface area contributed by atoms with Crippen molar-refractivity contribution in [2.45, 2.75) is 19.1 Å². The number of hydrogen-bond acceptors (Lipinski definition) is 5. The van der Waals surface area contributed by atoms with Gasteiger partial charge in [0, 0.05) is 31.9 Å². The van der Waals surface area contributed by atoms with E-state index >= 15 is 0 Å². The second-order valence-corrected chi connectivity index (χ2v) is 6.94. The first-order valence-electron chi connectivity index (χ1n) is 8.02. The van der Waals surface area contributed by atoms with Crippen LogP contribution >= 0.6 is 11.3 Å². The Morgan fingerprint density at radius 1 is 1.22 bits per heavy atom. The topological polar surface area (TPSA) is 44.7 Å². The number of morpholine rings is 1. The minimum atomic E-state index is -0.826. The Kier molecular flexibility index (Phi) is 5.33. The molecular weight excluding hydrogens is 308 g/mol. The van der Waals surface area contributed by atoms with Crippen LogP contribution in [0.3, 0.4) is 0 Å². The summed E-state index contributed by atoms with van der Waals surface area (Å²) in [7, 11) is 0. The molecule has 3 rings (SSSR count). The van der Waals surface area contributed by atoms with Crippen molar-refractivity contribution in [3.05, 3.63) is 52.2 Å². The molecule has 1 unspecified atom stereocenters. The molecule has 4 nitrogen and oxygen atoms in total. The number of ether oxygens (including phenoxy) is 1. The number of nitrogens with zero attached hydrogens (tertiary/aromatic N) is 1. The van der Waals surface area contributed by atoms with E-state index in [0.29, 0.717) is 6.54 Å². The van der Waals surface area contributed by atoms with Gasteiger partial charge in [-0.1, -0.05) is 12.1 Å². The highest BCUT2D eigenvalue weighted by Gasteiger charge is 2.22. The average molecular weight is 332 g/mol. The number of nitrogens with one attached hydrogen (secondary N) is 1. The lowest BCUT2D eigenvalue weighted by Gasteiger charge is -2.29. The van der Waals surface area contributed by atoms with E-state index in [1.807, 2.05) is 23.8 Å². The molecule has 0 radical (unpaired) electrons. The largest absolute Gasteiger partial charge is 0.384 e. The molecule has 5 heteroatoms. The number of benzene rings is 1. The fourth-order valence-electron chi connectivity index (χ4n) is 2.77. The molecule has 1 aromatic heterocycles. The van der Waals surface area contributed by atoms with E-state index in [1.54, 1.807) is 11.3 Å². The van der Waals surface area contributed by atoms with E-state index in [2.05, 4.69) is 34.5 Å². The predicted octanol–water partition coefficient (Wildman–Crippen LogP) is 2.58. The van der Waals surface area contributed by atoms with Gasteiger partial charge in [0.15, 0.2) is 0 Å². The van der Waals surface area contributed by atoms with Crippen LogP contribution in [0.4, 0.5) is 5.69 Å². The van der Waals surface area contributed by atoms with Gasteiger partial charge in [-0.25, -0.2) is 0 Å². The number of rotatable bonds is 6. The summed E-state index contributed by atoms with van der Waals surface area (Å²) in [5, 5.41) is 17.8. The first-order valence-corrected chi connectivity index (χ1v) is 8.97. The second-order valence-electron chi connectivity index (χ2n) is 6.16. The molecule has 1 fully saturated rings. The molecule has 0 spiro atoms. The van der Waals surface area contributed by atoms with Crippen molar-refractivity contribution in [2.75, 3.05) is 37.7 Å². The molecule has 2 N–H and O–H groups in total. The van der Waals surface area contributed by atoms with Crippen molar-refractivity contribution in [1.82, 2.24) is 5.32 Å². The summed E-state index contributed by atoms with van der Waals surface area (Å²) in [5.74, 6) is 0. The summed E-state index contributed by atoms with van der Waals surface area (Å²) in [6.45, 7) is 6.67. The Hall–Kier alpha value is -1.40. The highest BCUT2D eigenvalue weighted by molar-refractivity contribution is 7.08. The van der Waals surface area contributed by atoms with Crippen molar-refractivity contribution in [3.63, 3.8) is 0 Å². The van der Waals surface area contributed by atoms with Crippen LogP contribution in [0, 0.1) is 0 Å². The van der Waals surface area contributed by atoms with Gasteiger partial charge < -0.3 is 20.1 Å². The zero-order valence-corrected chi connectivity index (χ0v) is 14.3. The lowest BCUT2D eigenvalue weighted by molar-refractivity contribution is 0.0571. The first-order chi connectivity index (χ1) is 11.1. The van der Waals surface area contributed by atoms with Crippen molar-refractivity contribution in [3.8, 4) is 0 Å². The van der Waals surface area contributed by atoms with Crippen molar-refractivity contribution >= 4 is 17.0 Å². The van der Waals surface area contributed by atoms with Gasteiger partial charge in [-0.2, -0.15) is 11.3 Å². The second kappa shape index (κ2) is 7.45. The van der Waals surface area contributed by atoms with Gasteiger partial charge in [0.1, 0.15) is 0 Å². The molecule has 1 saturated heterocycles. The molecule has 2 aromatic rings. The zero-order chi connectivity index (χ0) is 16.1. The maximum Gasteiger partial charge on any atom is 0.1000 e. The summed E-state index contributed by atoms with van der Waals surface area (Å²) in [5.41, 5.74) is 2.62. The lowest BCUT2D eigenvalue weighted by atomic mass is 9.99. The molecule has 2 heterocycles. The molecule has 1 aromatic carbocycles. The van der Waals surface area contributed by atoms with Crippen LogP contribution in [0.2, 0.25) is 0 Å². The first kappa shape index (κ1) is 16.5. The van der Waals surface area contributed by atoms with Crippen molar-refractivity contribution in [1.29, 1.82) is 0 Å². The highest BCUT2D eigenvalue weighted by Crippen LogP contribution is 2.22. The Morgan fingerprint density at radius 3 is 2.61 bits per heavy atom. The molecule has 0 amide bonds. The summed E-state index contributed by atoms with van der Waals surface area (Å²) < 4.78 is 5.39. The van der Waals surface area contributed by atoms with Crippen molar-refractivity contribution < 1.29 is 9.84 Å². The van der Waals surface area contributed by atoms with Crippen LogP contribution < -0.4 is 10.2 Å². The third-order valence-electron chi connectivity index (χ3n) is 4.25. The number of thiophene rings is 1. The molecule has 0 aliphatic carbocycles. The molecule has 0 saturated carbocycles. The van der Waals surface area contributed by atoms with Gasteiger partial charge in [-0.05, 0) is 47.0 Å². The SMILES string of the molecule is CC(O)(CNCc1ccc(N2CCOCC2)cc1)c1ccsc1. The fourth-order valence-corrected chi connectivity index (χ4v) is 3.55.